The van der Waals surface area contributed by atoms with Crippen LogP contribution in [0.1, 0.15) is 26.2 Å². The van der Waals surface area contributed by atoms with Crippen LogP contribution < -0.4 is 0 Å². The van der Waals surface area contributed by atoms with Crippen LogP contribution in [0.3, 0.4) is 0 Å². The van der Waals surface area contributed by atoms with Crippen LogP contribution in [0.4, 0.5) is 0 Å². The van der Waals surface area contributed by atoms with Crippen LogP contribution >= 0.6 is 0 Å². The first-order chi connectivity index (χ1) is 6.09. The van der Waals surface area contributed by atoms with Crippen LogP contribution in [0.15, 0.2) is 0 Å². The van der Waals surface area contributed by atoms with Gasteiger partial charge in [0.05, 0.1) is 0 Å². The fourth-order valence-electron chi connectivity index (χ4n) is 1.61. The number of hydrogen-bond acceptors (Lipinski definition) is 2. The molecule has 0 saturated carbocycles. The molecular formula is C9H15NO3. The van der Waals surface area contributed by atoms with Gasteiger partial charge in [-0.25, -0.2) is 0 Å². The van der Waals surface area contributed by atoms with E-state index in [1.807, 2.05) is 6.92 Å². The predicted molar refractivity (Wildman–Crippen MR) is 47.2 cm³/mol. The highest BCUT2D eigenvalue weighted by atomic mass is 16.4. The van der Waals surface area contributed by atoms with Crippen molar-refractivity contribution in [3.8, 4) is 0 Å². The van der Waals surface area contributed by atoms with Gasteiger partial charge in [0.25, 0.3) is 0 Å². The van der Waals surface area contributed by atoms with Crippen molar-refractivity contribution in [1.29, 1.82) is 0 Å². The number of hydrogen-bond donors (Lipinski definition) is 1. The monoisotopic (exact) mass is 185 g/mol. The Labute approximate surface area is 77.5 Å². The van der Waals surface area contributed by atoms with E-state index in [0.29, 0.717) is 25.3 Å². The molecule has 0 aliphatic carbocycles. The number of rotatable bonds is 4. The minimum absolute atomic E-state index is 0.151. The average Bonchev–Trinajstić information content (AvgIpc) is 2.29. The zero-order valence-corrected chi connectivity index (χ0v) is 7.82. The smallest absolute Gasteiger partial charge is 0.303 e. The Kier molecular flexibility index (Phi) is 3.28. The molecule has 1 rings (SSSR count). The topological polar surface area (TPSA) is 57.6 Å². The van der Waals surface area contributed by atoms with E-state index in [1.165, 1.54) is 0 Å². The number of amides is 1. The molecule has 1 atom stereocenters. The van der Waals surface area contributed by atoms with Crippen molar-refractivity contribution in [2.45, 2.75) is 26.2 Å². The Morgan fingerprint density at radius 3 is 2.85 bits per heavy atom. The van der Waals surface area contributed by atoms with E-state index in [1.54, 1.807) is 4.90 Å². The molecule has 74 valence electrons. The number of carbonyl (C=O) groups is 2. The van der Waals surface area contributed by atoms with Crippen molar-refractivity contribution in [2.24, 2.45) is 5.92 Å². The van der Waals surface area contributed by atoms with Crippen LogP contribution in [0.2, 0.25) is 0 Å². The summed E-state index contributed by atoms with van der Waals surface area (Å²) in [4.78, 5) is 23.2. The Balaban J connectivity index is 2.22. The van der Waals surface area contributed by atoms with Gasteiger partial charge in [0, 0.05) is 25.9 Å². The van der Waals surface area contributed by atoms with Gasteiger partial charge in [-0.15, -0.1) is 0 Å². The van der Waals surface area contributed by atoms with Gasteiger partial charge in [0.15, 0.2) is 0 Å². The van der Waals surface area contributed by atoms with Crippen molar-refractivity contribution in [3.05, 3.63) is 0 Å². The molecule has 0 radical (unpaired) electrons. The molecule has 13 heavy (non-hydrogen) atoms. The normalized spacial score (nSPS) is 22.4. The Bertz CT molecular complexity index is 215. The Morgan fingerprint density at radius 2 is 2.38 bits per heavy atom. The van der Waals surface area contributed by atoms with Gasteiger partial charge in [0.1, 0.15) is 0 Å². The zero-order chi connectivity index (χ0) is 9.84. The maximum atomic E-state index is 11.2. The van der Waals surface area contributed by atoms with Gasteiger partial charge in [0.2, 0.25) is 5.91 Å². The van der Waals surface area contributed by atoms with Crippen molar-refractivity contribution >= 4 is 11.9 Å². The first kappa shape index (κ1) is 10.0. The second-order valence-corrected chi connectivity index (χ2v) is 3.65. The maximum Gasteiger partial charge on any atom is 0.303 e. The van der Waals surface area contributed by atoms with E-state index in [4.69, 9.17) is 5.11 Å². The zero-order valence-electron chi connectivity index (χ0n) is 7.82. The molecule has 0 spiro atoms. The van der Waals surface area contributed by atoms with Gasteiger partial charge in [-0.1, -0.05) is 6.92 Å². The molecule has 1 N–H and O–H groups in total. The first-order valence-electron chi connectivity index (χ1n) is 4.59. The van der Waals surface area contributed by atoms with Crippen LogP contribution in [0, 0.1) is 5.92 Å². The highest BCUT2D eigenvalue weighted by Gasteiger charge is 2.25. The fourth-order valence-corrected chi connectivity index (χ4v) is 1.61. The SMILES string of the molecule is CC1CC(=O)N(CCCC(=O)O)C1. The minimum atomic E-state index is -0.792. The number of likely N-dealkylation sites (tertiary alicyclic amines) is 1. The molecule has 1 aliphatic rings. The van der Waals surface area contributed by atoms with E-state index in [-0.39, 0.29) is 12.3 Å². The molecular weight excluding hydrogens is 170 g/mol. The van der Waals surface area contributed by atoms with Crippen LogP contribution in [-0.2, 0) is 9.59 Å². The highest BCUT2D eigenvalue weighted by molar-refractivity contribution is 5.78. The van der Waals surface area contributed by atoms with Crippen LogP contribution in [0.25, 0.3) is 0 Å². The maximum absolute atomic E-state index is 11.2. The third kappa shape index (κ3) is 3.05. The molecule has 1 unspecified atom stereocenters. The summed E-state index contributed by atoms with van der Waals surface area (Å²) >= 11 is 0. The molecule has 4 heteroatoms. The van der Waals surface area contributed by atoms with Gasteiger partial charge in [-0.2, -0.15) is 0 Å². The molecule has 0 aromatic rings. The first-order valence-corrected chi connectivity index (χ1v) is 4.59. The molecule has 1 amide bonds. The highest BCUT2D eigenvalue weighted by Crippen LogP contribution is 2.16. The second-order valence-electron chi connectivity index (χ2n) is 3.65. The van der Waals surface area contributed by atoms with Crippen molar-refractivity contribution in [3.63, 3.8) is 0 Å². The molecule has 4 nitrogen and oxygen atoms in total. The average molecular weight is 185 g/mol. The van der Waals surface area contributed by atoms with Gasteiger partial charge >= 0.3 is 5.97 Å². The van der Waals surface area contributed by atoms with Crippen molar-refractivity contribution in [1.82, 2.24) is 4.90 Å². The van der Waals surface area contributed by atoms with Gasteiger partial charge in [-0.3, -0.25) is 9.59 Å². The summed E-state index contributed by atoms with van der Waals surface area (Å²) in [5.41, 5.74) is 0. The Morgan fingerprint density at radius 1 is 1.69 bits per heavy atom. The van der Waals surface area contributed by atoms with E-state index in [2.05, 4.69) is 0 Å². The fraction of sp³-hybridized carbons (Fsp3) is 0.778. The molecule has 1 fully saturated rings. The van der Waals surface area contributed by atoms with Gasteiger partial charge < -0.3 is 10.0 Å². The number of carboxylic acids is 1. The standard InChI is InChI=1S/C9H15NO3/c1-7-5-8(11)10(6-7)4-2-3-9(12)13/h7H,2-6H2,1H3,(H,12,13). The quantitative estimate of drug-likeness (QED) is 0.702. The lowest BCUT2D eigenvalue weighted by Crippen LogP contribution is -2.26. The lowest BCUT2D eigenvalue weighted by Gasteiger charge is -2.14. The van der Waals surface area contributed by atoms with Crippen molar-refractivity contribution < 1.29 is 14.7 Å². The molecule has 1 heterocycles. The summed E-state index contributed by atoms with van der Waals surface area (Å²) in [6.45, 7) is 3.42. The molecule has 0 bridgehead atoms. The van der Waals surface area contributed by atoms with Gasteiger partial charge in [-0.05, 0) is 12.3 Å². The second kappa shape index (κ2) is 4.25. The van der Waals surface area contributed by atoms with E-state index < -0.39 is 5.97 Å². The summed E-state index contributed by atoms with van der Waals surface area (Å²) in [7, 11) is 0. The summed E-state index contributed by atoms with van der Waals surface area (Å²) in [6.07, 6.45) is 1.33. The third-order valence-electron chi connectivity index (χ3n) is 2.23. The summed E-state index contributed by atoms with van der Waals surface area (Å²) in [5.74, 6) is -0.199. The molecule has 1 saturated heterocycles. The molecule has 0 aromatic heterocycles. The number of carboxylic acid groups (broad SMARTS) is 1. The Hall–Kier alpha value is -1.06. The predicted octanol–water partition coefficient (Wildman–Crippen LogP) is 0.720. The lowest BCUT2D eigenvalue weighted by molar-refractivity contribution is -0.137. The van der Waals surface area contributed by atoms with E-state index >= 15 is 0 Å². The molecule has 0 aromatic carbocycles. The summed E-state index contributed by atoms with van der Waals surface area (Å²) in [6, 6.07) is 0. The van der Waals surface area contributed by atoms with Crippen LogP contribution in [0.5, 0.6) is 0 Å². The largest absolute Gasteiger partial charge is 0.481 e. The number of nitrogens with zero attached hydrogens (tertiary/aromatic N) is 1. The summed E-state index contributed by atoms with van der Waals surface area (Å²) < 4.78 is 0. The summed E-state index contributed by atoms with van der Waals surface area (Å²) in [5, 5.41) is 8.40. The minimum Gasteiger partial charge on any atom is -0.481 e. The molecule has 1 aliphatic heterocycles. The lowest BCUT2D eigenvalue weighted by atomic mass is 10.2. The van der Waals surface area contributed by atoms with E-state index in [0.717, 1.165) is 6.54 Å². The van der Waals surface area contributed by atoms with Crippen LogP contribution in [-0.4, -0.2) is 35.0 Å². The number of carbonyl (C=O) groups excluding carboxylic acids is 1. The number of aliphatic carboxylic acids is 1. The van der Waals surface area contributed by atoms with E-state index in [9.17, 15) is 9.59 Å². The third-order valence-corrected chi connectivity index (χ3v) is 2.23. The van der Waals surface area contributed by atoms with Crippen molar-refractivity contribution in [2.75, 3.05) is 13.1 Å².